The van der Waals surface area contributed by atoms with Gasteiger partial charge in [0.25, 0.3) is 5.56 Å². The van der Waals surface area contributed by atoms with Gasteiger partial charge in [-0.1, -0.05) is 6.07 Å². The zero-order chi connectivity index (χ0) is 20.9. The molecule has 0 amide bonds. The molecule has 2 aromatic rings. The number of fused-ring (bicyclic) bond motifs is 4. The summed E-state index contributed by atoms with van der Waals surface area (Å²) in [5, 5.41) is 0.661. The quantitative estimate of drug-likeness (QED) is 0.774. The van der Waals surface area contributed by atoms with Gasteiger partial charge in [-0.3, -0.25) is 9.36 Å². The van der Waals surface area contributed by atoms with Gasteiger partial charge in [0.1, 0.15) is 4.75 Å². The van der Waals surface area contributed by atoms with Crippen molar-refractivity contribution in [2.75, 3.05) is 11.4 Å². The predicted octanol–water partition coefficient (Wildman–Crippen LogP) is 3.58. The smallest absolute Gasteiger partial charge is 0.262 e. The molecule has 7 heteroatoms. The first-order chi connectivity index (χ1) is 13.7. The number of hydrogen-bond acceptors (Lipinski definition) is 5. The van der Waals surface area contributed by atoms with Gasteiger partial charge in [0.05, 0.1) is 16.9 Å². The molecule has 1 aromatic heterocycles. The van der Waals surface area contributed by atoms with Gasteiger partial charge in [-0.15, -0.1) is 4.72 Å². The number of nitrogens with zero attached hydrogens (tertiary/aromatic N) is 3. The van der Waals surface area contributed by atoms with Crippen LogP contribution in [0.4, 0.5) is 5.95 Å². The summed E-state index contributed by atoms with van der Waals surface area (Å²) in [5.74, 6) is 0.813. The summed E-state index contributed by atoms with van der Waals surface area (Å²) in [4.78, 5) is 20.8. The van der Waals surface area contributed by atoms with Crippen molar-refractivity contribution in [2.24, 2.45) is 0 Å². The molecule has 0 saturated carbocycles. The lowest BCUT2D eigenvalue weighted by Crippen LogP contribution is -2.48. The van der Waals surface area contributed by atoms with Crippen LogP contribution in [0.1, 0.15) is 70.5 Å². The molecule has 2 unspecified atom stereocenters. The normalized spacial score (nSPS) is 21.6. The average molecular weight is 417 g/mol. The van der Waals surface area contributed by atoms with Gasteiger partial charge in [0, 0.05) is 36.1 Å². The van der Waals surface area contributed by atoms with Gasteiger partial charge in [-0.25, -0.2) is 4.98 Å². The van der Waals surface area contributed by atoms with E-state index in [0.29, 0.717) is 11.4 Å². The van der Waals surface area contributed by atoms with Crippen LogP contribution in [0.15, 0.2) is 16.9 Å². The summed E-state index contributed by atoms with van der Waals surface area (Å²) >= 11 is -1.20. The minimum absolute atomic E-state index is 0.0446. The molecule has 6 nitrogen and oxygen atoms in total. The van der Waals surface area contributed by atoms with Crippen LogP contribution in [0, 0.1) is 6.92 Å². The Morgan fingerprint density at radius 2 is 2.00 bits per heavy atom. The molecule has 1 saturated heterocycles. The minimum atomic E-state index is -1.20. The third-order valence-corrected chi connectivity index (χ3v) is 7.77. The molecular formula is C22H32N4O2S. The number of aromatic nitrogens is 2. The lowest BCUT2D eigenvalue weighted by atomic mass is 9.97. The van der Waals surface area contributed by atoms with Gasteiger partial charge in [0.2, 0.25) is 5.95 Å². The second-order valence-electron chi connectivity index (χ2n) is 9.47. The van der Waals surface area contributed by atoms with Gasteiger partial charge in [-0.05, 0) is 71.9 Å². The average Bonchev–Trinajstić information content (AvgIpc) is 2.67. The maximum absolute atomic E-state index is 13.4. The van der Waals surface area contributed by atoms with Crippen molar-refractivity contribution in [1.82, 2.24) is 14.3 Å². The van der Waals surface area contributed by atoms with Crippen LogP contribution in [0.5, 0.6) is 0 Å². The molecule has 1 N–H and O–H groups in total. The largest absolute Gasteiger partial charge is 0.598 e. The molecular weight excluding hydrogens is 384 g/mol. The Balaban J connectivity index is 1.84. The number of aryl methyl sites for hydroxylation is 1. The van der Waals surface area contributed by atoms with Crippen LogP contribution in [-0.2, 0) is 17.9 Å². The molecule has 2 aliphatic heterocycles. The van der Waals surface area contributed by atoms with E-state index in [1.807, 2.05) is 45.3 Å². The van der Waals surface area contributed by atoms with Crippen molar-refractivity contribution in [2.45, 2.75) is 83.7 Å². The van der Waals surface area contributed by atoms with E-state index < -0.39 is 11.4 Å². The molecule has 0 aliphatic carbocycles. The number of hydrogen-bond donors (Lipinski definition) is 1. The first-order valence-electron chi connectivity index (χ1n) is 10.7. The lowest BCUT2D eigenvalue weighted by molar-refractivity contribution is 0.372. The summed E-state index contributed by atoms with van der Waals surface area (Å²) in [5.41, 5.74) is 2.75. The van der Waals surface area contributed by atoms with Crippen molar-refractivity contribution in [1.29, 1.82) is 0 Å². The summed E-state index contributed by atoms with van der Waals surface area (Å²) in [6.07, 6.45) is 4.59. The predicted molar refractivity (Wildman–Crippen MR) is 120 cm³/mol. The third kappa shape index (κ3) is 3.80. The van der Waals surface area contributed by atoms with Crippen LogP contribution in [0.3, 0.4) is 0 Å². The minimum Gasteiger partial charge on any atom is -0.598 e. The molecule has 1 fully saturated rings. The molecule has 0 bridgehead atoms. The van der Waals surface area contributed by atoms with E-state index >= 15 is 0 Å². The van der Waals surface area contributed by atoms with Crippen molar-refractivity contribution >= 4 is 28.2 Å². The highest BCUT2D eigenvalue weighted by Gasteiger charge is 2.33. The zero-order valence-corrected chi connectivity index (χ0v) is 18.9. The Bertz CT molecular complexity index is 981. The monoisotopic (exact) mass is 416 g/mol. The molecule has 0 radical (unpaired) electrons. The second kappa shape index (κ2) is 7.60. The van der Waals surface area contributed by atoms with E-state index in [-0.39, 0.29) is 16.3 Å². The molecule has 29 heavy (non-hydrogen) atoms. The maximum atomic E-state index is 13.4. The molecule has 1 aromatic carbocycles. The molecule has 4 rings (SSSR count). The van der Waals surface area contributed by atoms with Crippen LogP contribution in [0.2, 0.25) is 0 Å². The Labute approximate surface area is 176 Å². The summed E-state index contributed by atoms with van der Waals surface area (Å²) in [6.45, 7) is 11.6. The van der Waals surface area contributed by atoms with Gasteiger partial charge >= 0.3 is 0 Å². The Morgan fingerprint density at radius 3 is 2.72 bits per heavy atom. The fraction of sp³-hybridized carbons (Fsp3) is 0.636. The van der Waals surface area contributed by atoms with Crippen molar-refractivity contribution in [3.63, 3.8) is 0 Å². The highest BCUT2D eigenvalue weighted by atomic mass is 32.2. The first-order valence-corrected chi connectivity index (χ1v) is 11.8. The number of piperidine rings is 1. The Hall–Kier alpha value is -1.57. The van der Waals surface area contributed by atoms with Crippen LogP contribution in [-0.4, -0.2) is 31.4 Å². The van der Waals surface area contributed by atoms with Crippen molar-refractivity contribution in [3.8, 4) is 0 Å². The Kier molecular flexibility index (Phi) is 5.42. The van der Waals surface area contributed by atoms with E-state index in [1.54, 1.807) is 0 Å². The highest BCUT2D eigenvalue weighted by Crippen LogP contribution is 2.32. The summed E-state index contributed by atoms with van der Waals surface area (Å²) < 4.78 is 17.4. The second-order valence-corrected chi connectivity index (χ2v) is 11.5. The molecule has 3 atom stereocenters. The molecule has 0 spiro atoms. The van der Waals surface area contributed by atoms with E-state index in [9.17, 15) is 9.35 Å². The van der Waals surface area contributed by atoms with Gasteiger partial charge in [0.15, 0.2) is 0 Å². The number of nitrogens with one attached hydrogen (secondary N) is 1. The topological polar surface area (TPSA) is 73.2 Å². The fourth-order valence-corrected chi connectivity index (χ4v) is 5.29. The maximum Gasteiger partial charge on any atom is 0.262 e. The number of rotatable bonds is 3. The Morgan fingerprint density at radius 1 is 1.24 bits per heavy atom. The fourth-order valence-electron chi connectivity index (χ4n) is 4.49. The van der Waals surface area contributed by atoms with Crippen LogP contribution >= 0.6 is 0 Å². The van der Waals surface area contributed by atoms with Gasteiger partial charge < -0.3 is 9.45 Å². The number of anilines is 1. The van der Waals surface area contributed by atoms with Crippen LogP contribution in [0.25, 0.3) is 10.9 Å². The van der Waals surface area contributed by atoms with Gasteiger partial charge in [-0.2, -0.15) is 0 Å². The molecule has 2 aliphatic rings. The lowest BCUT2D eigenvalue weighted by Gasteiger charge is -2.41. The molecule has 3 heterocycles. The van der Waals surface area contributed by atoms with E-state index in [2.05, 4.69) is 15.7 Å². The van der Waals surface area contributed by atoms with Crippen molar-refractivity contribution in [3.05, 3.63) is 33.6 Å². The first kappa shape index (κ1) is 20.7. The van der Waals surface area contributed by atoms with E-state index in [0.717, 1.165) is 48.5 Å². The highest BCUT2D eigenvalue weighted by molar-refractivity contribution is 7.90. The summed E-state index contributed by atoms with van der Waals surface area (Å²) in [7, 11) is 0. The van der Waals surface area contributed by atoms with Crippen LogP contribution < -0.4 is 15.2 Å². The SMILES string of the molecule is Cc1cc([C@@H](C)N[S+]([O-])C(C)(C)C)c2nc3n(c(=O)c2c1)CCC1CCCCN31. The third-order valence-electron chi connectivity index (χ3n) is 6.09. The standard InChI is InChI=1S/C22H32N4O2S/c1-14-12-17(15(2)24-29(28)22(3,4)5)19-18(13-14)20(27)26-11-9-16-8-6-7-10-25(16)21(26)23-19/h12-13,15-16,24H,6-11H2,1-5H3/t15-,16?,29?/m1/s1. The molecule has 158 valence electrons. The number of benzene rings is 1. The zero-order valence-electron chi connectivity index (χ0n) is 18.1. The van der Waals surface area contributed by atoms with Crippen molar-refractivity contribution < 1.29 is 4.55 Å². The summed E-state index contributed by atoms with van der Waals surface area (Å²) in [6, 6.07) is 4.33. The van der Waals surface area contributed by atoms with E-state index in [4.69, 9.17) is 4.98 Å². The van der Waals surface area contributed by atoms with E-state index in [1.165, 1.54) is 12.8 Å².